The zero-order valence-electron chi connectivity index (χ0n) is 12.1. The molecule has 2 aromatic rings. The molecule has 0 radical (unpaired) electrons. The molecule has 0 aliphatic carbocycles. The summed E-state index contributed by atoms with van der Waals surface area (Å²) in [5, 5.41) is 12.9. The first-order valence-corrected chi connectivity index (χ1v) is 8.32. The Balaban J connectivity index is 1.77. The number of benzene rings is 1. The standard InChI is InChI=1S/C16H16ClNO3S/c1-16(15(20)21)4-5-18(9-16)14(19)6-10-8-22-13-3-2-11(17)7-12(10)13/h2-3,7-8H,4-6,9H2,1H3,(H,20,21). The Labute approximate surface area is 137 Å². The summed E-state index contributed by atoms with van der Waals surface area (Å²) in [5.41, 5.74) is 0.131. The van der Waals surface area contributed by atoms with E-state index in [0.717, 1.165) is 15.6 Å². The number of carbonyl (C=O) groups excluding carboxylic acids is 1. The van der Waals surface area contributed by atoms with Crippen molar-refractivity contribution >= 4 is 44.9 Å². The van der Waals surface area contributed by atoms with Crippen molar-refractivity contribution in [3.63, 3.8) is 0 Å². The molecule has 2 heterocycles. The molecule has 0 saturated carbocycles. The first-order chi connectivity index (χ1) is 10.4. The summed E-state index contributed by atoms with van der Waals surface area (Å²) in [6.07, 6.45) is 0.792. The number of amides is 1. The second-order valence-corrected chi connectivity index (χ2v) is 7.36. The molecule has 1 saturated heterocycles. The van der Waals surface area contributed by atoms with Gasteiger partial charge in [-0.2, -0.15) is 0 Å². The lowest BCUT2D eigenvalue weighted by molar-refractivity contribution is -0.147. The average Bonchev–Trinajstić information content (AvgIpc) is 3.04. The minimum absolute atomic E-state index is 0.0235. The van der Waals surface area contributed by atoms with Crippen LogP contribution in [0.15, 0.2) is 23.6 Å². The lowest BCUT2D eigenvalue weighted by Gasteiger charge is -2.20. The molecule has 1 unspecified atom stereocenters. The molecule has 1 amide bonds. The number of carboxylic acids is 1. The van der Waals surface area contributed by atoms with E-state index >= 15 is 0 Å². The number of fused-ring (bicyclic) bond motifs is 1. The van der Waals surface area contributed by atoms with Gasteiger partial charge in [-0.15, -0.1) is 11.3 Å². The number of thiophene rings is 1. The number of nitrogens with zero attached hydrogens (tertiary/aromatic N) is 1. The van der Waals surface area contributed by atoms with Gasteiger partial charge in [-0.1, -0.05) is 11.6 Å². The predicted molar refractivity (Wildman–Crippen MR) is 87.5 cm³/mol. The van der Waals surface area contributed by atoms with Crippen molar-refractivity contribution in [2.24, 2.45) is 5.41 Å². The number of rotatable bonds is 3. The van der Waals surface area contributed by atoms with Crippen molar-refractivity contribution in [2.75, 3.05) is 13.1 Å². The van der Waals surface area contributed by atoms with Gasteiger partial charge >= 0.3 is 5.97 Å². The van der Waals surface area contributed by atoms with Crippen LogP contribution in [0.4, 0.5) is 0 Å². The number of aliphatic carboxylic acids is 1. The minimum atomic E-state index is -0.837. The molecule has 1 atom stereocenters. The smallest absolute Gasteiger partial charge is 0.311 e. The number of halogens is 1. The maximum absolute atomic E-state index is 12.5. The molecular weight excluding hydrogens is 322 g/mol. The van der Waals surface area contributed by atoms with Crippen molar-refractivity contribution in [3.8, 4) is 0 Å². The van der Waals surface area contributed by atoms with E-state index in [1.54, 1.807) is 23.2 Å². The Bertz CT molecular complexity index is 757. The number of carbonyl (C=O) groups is 2. The fourth-order valence-corrected chi connectivity index (χ4v) is 3.93. The van der Waals surface area contributed by atoms with E-state index in [9.17, 15) is 14.7 Å². The fraction of sp³-hybridized carbons (Fsp3) is 0.375. The molecule has 4 nitrogen and oxygen atoms in total. The Morgan fingerprint density at radius 2 is 2.23 bits per heavy atom. The van der Waals surface area contributed by atoms with E-state index in [2.05, 4.69) is 0 Å². The lowest BCUT2D eigenvalue weighted by Crippen LogP contribution is -2.35. The van der Waals surface area contributed by atoms with Gasteiger partial charge in [0, 0.05) is 22.8 Å². The summed E-state index contributed by atoms with van der Waals surface area (Å²) in [7, 11) is 0. The first kappa shape index (κ1) is 15.3. The SMILES string of the molecule is CC1(C(=O)O)CCN(C(=O)Cc2csc3ccc(Cl)cc23)C1. The van der Waals surface area contributed by atoms with Gasteiger partial charge in [-0.05, 0) is 47.9 Å². The second kappa shape index (κ2) is 5.56. The highest BCUT2D eigenvalue weighted by molar-refractivity contribution is 7.17. The number of carboxylic acid groups (broad SMARTS) is 1. The average molecular weight is 338 g/mol. The summed E-state index contributed by atoms with van der Waals surface area (Å²) in [5.74, 6) is -0.861. The molecule has 1 N–H and O–H groups in total. The first-order valence-electron chi connectivity index (χ1n) is 7.06. The van der Waals surface area contributed by atoms with Crippen molar-refractivity contribution in [3.05, 3.63) is 34.2 Å². The highest BCUT2D eigenvalue weighted by atomic mass is 35.5. The maximum Gasteiger partial charge on any atom is 0.311 e. The van der Waals surface area contributed by atoms with E-state index in [0.29, 0.717) is 18.0 Å². The van der Waals surface area contributed by atoms with Crippen LogP contribution in [0.1, 0.15) is 18.9 Å². The molecule has 1 aromatic heterocycles. The van der Waals surface area contributed by atoms with Crippen LogP contribution in [0.3, 0.4) is 0 Å². The van der Waals surface area contributed by atoms with E-state index in [1.165, 1.54) is 0 Å². The van der Waals surface area contributed by atoms with Crippen LogP contribution < -0.4 is 0 Å². The predicted octanol–water partition coefficient (Wildman–Crippen LogP) is 3.42. The topological polar surface area (TPSA) is 57.6 Å². The molecular formula is C16H16ClNO3S. The van der Waals surface area contributed by atoms with Gasteiger partial charge in [0.15, 0.2) is 0 Å². The second-order valence-electron chi connectivity index (χ2n) is 6.01. The molecule has 1 aliphatic rings. The van der Waals surface area contributed by atoms with E-state index < -0.39 is 11.4 Å². The number of likely N-dealkylation sites (tertiary alicyclic amines) is 1. The van der Waals surface area contributed by atoms with Crippen molar-refractivity contribution in [1.29, 1.82) is 0 Å². The van der Waals surface area contributed by atoms with Gasteiger partial charge in [0.05, 0.1) is 11.8 Å². The van der Waals surface area contributed by atoms with Crippen LogP contribution in [-0.2, 0) is 16.0 Å². The van der Waals surface area contributed by atoms with E-state index in [-0.39, 0.29) is 18.9 Å². The Morgan fingerprint density at radius 1 is 1.45 bits per heavy atom. The minimum Gasteiger partial charge on any atom is -0.481 e. The molecule has 3 rings (SSSR count). The molecule has 6 heteroatoms. The highest BCUT2D eigenvalue weighted by Gasteiger charge is 2.41. The molecule has 1 fully saturated rings. The Morgan fingerprint density at radius 3 is 2.91 bits per heavy atom. The van der Waals surface area contributed by atoms with Gasteiger partial charge < -0.3 is 10.0 Å². The van der Waals surface area contributed by atoms with Crippen LogP contribution in [0.25, 0.3) is 10.1 Å². The lowest BCUT2D eigenvalue weighted by atomic mass is 9.90. The molecule has 0 bridgehead atoms. The van der Waals surface area contributed by atoms with Crippen molar-refractivity contribution < 1.29 is 14.7 Å². The van der Waals surface area contributed by atoms with Gasteiger partial charge in [0.2, 0.25) is 5.91 Å². The van der Waals surface area contributed by atoms with Crippen LogP contribution in [0.5, 0.6) is 0 Å². The zero-order chi connectivity index (χ0) is 15.9. The van der Waals surface area contributed by atoms with Gasteiger partial charge in [-0.25, -0.2) is 0 Å². The van der Waals surface area contributed by atoms with Crippen LogP contribution in [0.2, 0.25) is 5.02 Å². The molecule has 1 aliphatic heterocycles. The van der Waals surface area contributed by atoms with Crippen LogP contribution in [0, 0.1) is 5.41 Å². The highest BCUT2D eigenvalue weighted by Crippen LogP contribution is 2.32. The summed E-state index contributed by atoms with van der Waals surface area (Å²) in [6, 6.07) is 5.67. The Hall–Kier alpha value is -1.59. The maximum atomic E-state index is 12.5. The van der Waals surface area contributed by atoms with Crippen molar-refractivity contribution in [1.82, 2.24) is 4.90 Å². The third-order valence-electron chi connectivity index (χ3n) is 4.30. The van der Waals surface area contributed by atoms with Gasteiger partial charge in [0.25, 0.3) is 0 Å². The van der Waals surface area contributed by atoms with Gasteiger partial charge in [-0.3, -0.25) is 9.59 Å². The summed E-state index contributed by atoms with van der Waals surface area (Å²) in [4.78, 5) is 25.4. The molecule has 0 spiro atoms. The number of hydrogen-bond donors (Lipinski definition) is 1. The monoisotopic (exact) mass is 337 g/mol. The van der Waals surface area contributed by atoms with E-state index in [4.69, 9.17) is 11.6 Å². The normalized spacial score (nSPS) is 21.5. The largest absolute Gasteiger partial charge is 0.481 e. The van der Waals surface area contributed by atoms with Crippen molar-refractivity contribution in [2.45, 2.75) is 19.8 Å². The Kier molecular flexibility index (Phi) is 3.87. The summed E-state index contributed by atoms with van der Waals surface area (Å²) in [6.45, 7) is 2.48. The summed E-state index contributed by atoms with van der Waals surface area (Å²) < 4.78 is 1.10. The van der Waals surface area contributed by atoms with Crippen LogP contribution >= 0.6 is 22.9 Å². The summed E-state index contributed by atoms with van der Waals surface area (Å²) >= 11 is 7.62. The molecule has 116 valence electrons. The molecule has 22 heavy (non-hydrogen) atoms. The van der Waals surface area contributed by atoms with Gasteiger partial charge in [0.1, 0.15) is 0 Å². The molecule has 1 aromatic carbocycles. The third kappa shape index (κ3) is 2.71. The number of hydrogen-bond acceptors (Lipinski definition) is 3. The zero-order valence-corrected chi connectivity index (χ0v) is 13.7. The van der Waals surface area contributed by atoms with Crippen LogP contribution in [-0.4, -0.2) is 35.0 Å². The van der Waals surface area contributed by atoms with E-state index in [1.807, 2.05) is 23.6 Å². The third-order valence-corrected chi connectivity index (χ3v) is 5.55. The quantitative estimate of drug-likeness (QED) is 0.933. The fourth-order valence-electron chi connectivity index (χ4n) is 2.81.